The van der Waals surface area contributed by atoms with Crippen LogP contribution in [0.4, 0.5) is 11.4 Å². The Labute approximate surface area is 150 Å². The van der Waals surface area contributed by atoms with Crippen LogP contribution in [0.3, 0.4) is 0 Å². The summed E-state index contributed by atoms with van der Waals surface area (Å²) in [5.41, 5.74) is 6.17. The van der Waals surface area contributed by atoms with Gasteiger partial charge in [0.15, 0.2) is 0 Å². The molecule has 1 fully saturated rings. The van der Waals surface area contributed by atoms with E-state index in [1.165, 1.54) is 22.4 Å². The Kier molecular flexibility index (Phi) is 5.27. The highest BCUT2D eigenvalue weighted by molar-refractivity contribution is 5.81. The second-order valence-corrected chi connectivity index (χ2v) is 6.81. The Hall–Kier alpha value is -2.49. The molecule has 132 valence electrons. The molecule has 0 radical (unpaired) electrons. The molecule has 2 aromatic carbocycles. The van der Waals surface area contributed by atoms with Gasteiger partial charge in [0.1, 0.15) is 0 Å². The van der Waals surface area contributed by atoms with Crippen molar-refractivity contribution < 1.29 is 4.79 Å². The monoisotopic (exact) mass is 337 g/mol. The average molecular weight is 337 g/mol. The summed E-state index contributed by atoms with van der Waals surface area (Å²) in [7, 11) is 0. The highest BCUT2D eigenvalue weighted by atomic mass is 16.2. The van der Waals surface area contributed by atoms with Crippen LogP contribution in [0.1, 0.15) is 16.7 Å². The number of aryl methyl sites for hydroxylation is 2. The number of nitrogens with zero attached hydrogens (tertiary/aromatic N) is 2. The molecule has 0 aliphatic carbocycles. The van der Waals surface area contributed by atoms with E-state index < -0.39 is 0 Å². The SMILES string of the molecule is Cc1ccc(NCC(=O)N2CCN(c3cccc(C)c3C)CC2)cc1. The van der Waals surface area contributed by atoms with Gasteiger partial charge >= 0.3 is 0 Å². The first-order chi connectivity index (χ1) is 12.0. The highest BCUT2D eigenvalue weighted by Gasteiger charge is 2.22. The molecule has 1 aliphatic rings. The molecule has 0 aromatic heterocycles. The van der Waals surface area contributed by atoms with Gasteiger partial charge in [0, 0.05) is 37.6 Å². The van der Waals surface area contributed by atoms with Gasteiger partial charge in [-0.1, -0.05) is 29.8 Å². The molecule has 0 spiro atoms. The number of nitrogens with one attached hydrogen (secondary N) is 1. The third kappa shape index (κ3) is 4.13. The van der Waals surface area contributed by atoms with Gasteiger partial charge in [-0.05, 0) is 50.1 Å². The Balaban J connectivity index is 1.52. The summed E-state index contributed by atoms with van der Waals surface area (Å²) in [5, 5.41) is 3.22. The van der Waals surface area contributed by atoms with Crippen molar-refractivity contribution in [3.05, 3.63) is 59.2 Å². The summed E-state index contributed by atoms with van der Waals surface area (Å²) in [6.45, 7) is 10.1. The Morgan fingerprint density at radius 2 is 1.64 bits per heavy atom. The van der Waals surface area contributed by atoms with Crippen molar-refractivity contribution in [3.63, 3.8) is 0 Å². The summed E-state index contributed by atoms with van der Waals surface area (Å²) in [6.07, 6.45) is 0. The zero-order valence-corrected chi connectivity index (χ0v) is 15.4. The fourth-order valence-corrected chi connectivity index (χ4v) is 3.24. The number of benzene rings is 2. The summed E-state index contributed by atoms with van der Waals surface area (Å²) >= 11 is 0. The fourth-order valence-electron chi connectivity index (χ4n) is 3.24. The molecule has 2 aromatic rings. The van der Waals surface area contributed by atoms with E-state index in [1.54, 1.807) is 0 Å². The van der Waals surface area contributed by atoms with Crippen LogP contribution in [-0.4, -0.2) is 43.5 Å². The minimum Gasteiger partial charge on any atom is -0.376 e. The molecule has 1 aliphatic heterocycles. The number of carbonyl (C=O) groups is 1. The van der Waals surface area contributed by atoms with Crippen LogP contribution < -0.4 is 10.2 Å². The van der Waals surface area contributed by atoms with Gasteiger partial charge in [-0.3, -0.25) is 4.79 Å². The molecular formula is C21H27N3O. The highest BCUT2D eigenvalue weighted by Crippen LogP contribution is 2.23. The number of rotatable bonds is 4. The van der Waals surface area contributed by atoms with E-state index in [1.807, 2.05) is 17.0 Å². The van der Waals surface area contributed by atoms with E-state index in [9.17, 15) is 4.79 Å². The number of piperazine rings is 1. The van der Waals surface area contributed by atoms with Gasteiger partial charge in [0.2, 0.25) is 5.91 Å². The molecule has 1 N–H and O–H groups in total. The van der Waals surface area contributed by atoms with Gasteiger partial charge in [-0.25, -0.2) is 0 Å². The number of hydrogen-bond donors (Lipinski definition) is 1. The van der Waals surface area contributed by atoms with E-state index in [-0.39, 0.29) is 5.91 Å². The topological polar surface area (TPSA) is 35.6 Å². The first-order valence-electron chi connectivity index (χ1n) is 8.94. The molecule has 3 rings (SSSR count). The fraction of sp³-hybridized carbons (Fsp3) is 0.381. The predicted octanol–water partition coefficient (Wildman–Crippen LogP) is 3.37. The van der Waals surface area contributed by atoms with Crippen molar-refractivity contribution >= 4 is 17.3 Å². The first-order valence-corrected chi connectivity index (χ1v) is 8.94. The minimum atomic E-state index is 0.168. The molecule has 0 bridgehead atoms. The standard InChI is InChI=1S/C21H27N3O/c1-16-7-9-19(10-8-16)22-15-21(25)24-13-11-23(12-14-24)20-6-4-5-17(2)18(20)3/h4-10,22H,11-15H2,1-3H3. The van der Waals surface area contributed by atoms with E-state index in [0.29, 0.717) is 6.54 Å². The molecule has 4 heteroatoms. The second kappa shape index (κ2) is 7.60. The van der Waals surface area contributed by atoms with Crippen molar-refractivity contribution in [2.24, 2.45) is 0 Å². The van der Waals surface area contributed by atoms with Crippen molar-refractivity contribution in [3.8, 4) is 0 Å². The molecular weight excluding hydrogens is 310 g/mol. The molecule has 0 atom stereocenters. The predicted molar refractivity (Wildman–Crippen MR) is 104 cm³/mol. The van der Waals surface area contributed by atoms with Gasteiger partial charge in [0.05, 0.1) is 6.54 Å². The van der Waals surface area contributed by atoms with Gasteiger partial charge in [-0.2, -0.15) is 0 Å². The Morgan fingerprint density at radius 1 is 0.960 bits per heavy atom. The van der Waals surface area contributed by atoms with Gasteiger partial charge in [0.25, 0.3) is 0 Å². The van der Waals surface area contributed by atoms with Crippen molar-refractivity contribution in [1.82, 2.24) is 4.90 Å². The van der Waals surface area contributed by atoms with Gasteiger partial charge < -0.3 is 15.1 Å². The zero-order chi connectivity index (χ0) is 17.8. The molecule has 0 unspecified atom stereocenters. The lowest BCUT2D eigenvalue weighted by molar-refractivity contribution is -0.129. The maximum absolute atomic E-state index is 12.4. The lowest BCUT2D eigenvalue weighted by Gasteiger charge is -2.37. The van der Waals surface area contributed by atoms with Crippen LogP contribution in [0, 0.1) is 20.8 Å². The number of anilines is 2. The zero-order valence-electron chi connectivity index (χ0n) is 15.4. The average Bonchev–Trinajstić information content (AvgIpc) is 2.63. The van der Waals surface area contributed by atoms with Crippen LogP contribution in [-0.2, 0) is 4.79 Å². The third-order valence-corrected chi connectivity index (χ3v) is 5.04. The summed E-state index contributed by atoms with van der Waals surface area (Å²) in [6, 6.07) is 14.6. The lowest BCUT2D eigenvalue weighted by atomic mass is 10.1. The van der Waals surface area contributed by atoms with Crippen LogP contribution in [0.25, 0.3) is 0 Å². The second-order valence-electron chi connectivity index (χ2n) is 6.81. The van der Waals surface area contributed by atoms with Crippen molar-refractivity contribution in [2.45, 2.75) is 20.8 Å². The normalized spacial score (nSPS) is 14.5. The van der Waals surface area contributed by atoms with Crippen molar-refractivity contribution in [2.75, 3.05) is 42.9 Å². The summed E-state index contributed by atoms with van der Waals surface area (Å²) in [5.74, 6) is 0.168. The van der Waals surface area contributed by atoms with E-state index in [4.69, 9.17) is 0 Å². The lowest BCUT2D eigenvalue weighted by Crippen LogP contribution is -2.50. The first kappa shape index (κ1) is 17.3. The number of hydrogen-bond acceptors (Lipinski definition) is 3. The third-order valence-electron chi connectivity index (χ3n) is 5.04. The summed E-state index contributed by atoms with van der Waals surface area (Å²) in [4.78, 5) is 16.8. The smallest absolute Gasteiger partial charge is 0.241 e. The van der Waals surface area contributed by atoms with Crippen LogP contribution in [0.2, 0.25) is 0 Å². The maximum atomic E-state index is 12.4. The largest absolute Gasteiger partial charge is 0.376 e. The van der Waals surface area contributed by atoms with Crippen LogP contribution in [0.15, 0.2) is 42.5 Å². The van der Waals surface area contributed by atoms with Crippen molar-refractivity contribution in [1.29, 1.82) is 0 Å². The molecule has 1 saturated heterocycles. The number of amides is 1. The quantitative estimate of drug-likeness (QED) is 0.929. The Morgan fingerprint density at radius 3 is 2.32 bits per heavy atom. The summed E-state index contributed by atoms with van der Waals surface area (Å²) < 4.78 is 0. The van der Waals surface area contributed by atoms with Crippen LogP contribution >= 0.6 is 0 Å². The van der Waals surface area contributed by atoms with Crippen LogP contribution in [0.5, 0.6) is 0 Å². The molecule has 25 heavy (non-hydrogen) atoms. The molecule has 0 saturated carbocycles. The molecule has 1 amide bonds. The number of carbonyl (C=O) groups excluding carboxylic acids is 1. The minimum absolute atomic E-state index is 0.168. The maximum Gasteiger partial charge on any atom is 0.241 e. The van der Waals surface area contributed by atoms with E-state index >= 15 is 0 Å². The van der Waals surface area contributed by atoms with E-state index in [2.05, 4.69) is 61.3 Å². The Bertz CT molecular complexity index is 731. The van der Waals surface area contributed by atoms with E-state index in [0.717, 1.165) is 31.9 Å². The molecule has 4 nitrogen and oxygen atoms in total. The van der Waals surface area contributed by atoms with Gasteiger partial charge in [-0.15, -0.1) is 0 Å². The molecule has 1 heterocycles.